The van der Waals surface area contributed by atoms with E-state index in [9.17, 15) is 4.79 Å². The van der Waals surface area contributed by atoms with E-state index >= 15 is 0 Å². The van der Waals surface area contributed by atoms with Crippen molar-refractivity contribution >= 4 is 21.8 Å². The minimum atomic E-state index is -0.00530. The van der Waals surface area contributed by atoms with E-state index in [1.807, 2.05) is 4.90 Å². The molecule has 0 bridgehead atoms. The van der Waals surface area contributed by atoms with Gasteiger partial charge in [-0.1, -0.05) is 0 Å². The van der Waals surface area contributed by atoms with E-state index in [1.165, 1.54) is 6.26 Å². The number of rotatable bonds is 3. The molecule has 1 aromatic rings. The third-order valence-corrected chi connectivity index (χ3v) is 3.54. The highest BCUT2D eigenvalue weighted by molar-refractivity contribution is 9.10. The number of β-amino-alcohol motifs (C(OH)–C–C–N with tert-alkyl or cyclic N) is 1. The summed E-state index contributed by atoms with van der Waals surface area (Å²) in [7, 11) is 0. The van der Waals surface area contributed by atoms with Gasteiger partial charge >= 0.3 is 0 Å². The molecule has 5 nitrogen and oxygen atoms in total. The number of amides is 1. The Hall–Kier alpha value is -0.850. The predicted molar refractivity (Wildman–Crippen MR) is 65.8 cm³/mol. The topological polar surface area (TPSA) is 56.9 Å². The smallest absolute Gasteiger partial charge is 0.258 e. The molecule has 1 N–H and O–H groups in total. The molecule has 6 heteroatoms. The minimum Gasteiger partial charge on any atom is -0.457 e. The summed E-state index contributed by atoms with van der Waals surface area (Å²) >= 11 is 3.21. The molecule has 2 rings (SSSR count). The van der Waals surface area contributed by atoms with Gasteiger partial charge in [-0.25, -0.2) is 0 Å². The highest BCUT2D eigenvalue weighted by Crippen LogP contribution is 2.20. The number of piperazine rings is 1. The van der Waals surface area contributed by atoms with Crippen molar-refractivity contribution in [2.24, 2.45) is 0 Å². The van der Waals surface area contributed by atoms with Crippen molar-refractivity contribution in [3.8, 4) is 0 Å². The van der Waals surface area contributed by atoms with Crippen molar-refractivity contribution in [1.29, 1.82) is 0 Å². The number of nitrogens with zero attached hydrogens (tertiary/aromatic N) is 2. The first-order valence-corrected chi connectivity index (χ1v) is 6.37. The van der Waals surface area contributed by atoms with Gasteiger partial charge in [-0.2, -0.15) is 0 Å². The zero-order valence-electron chi connectivity index (χ0n) is 9.43. The Kier molecular flexibility index (Phi) is 4.20. The average Bonchev–Trinajstić information content (AvgIpc) is 2.76. The van der Waals surface area contributed by atoms with Crippen LogP contribution in [0.1, 0.15) is 10.4 Å². The molecule has 17 heavy (non-hydrogen) atoms. The van der Waals surface area contributed by atoms with Gasteiger partial charge in [0.15, 0.2) is 4.67 Å². The highest BCUT2D eigenvalue weighted by atomic mass is 79.9. The van der Waals surface area contributed by atoms with Gasteiger partial charge in [-0.3, -0.25) is 9.69 Å². The van der Waals surface area contributed by atoms with Crippen LogP contribution < -0.4 is 0 Å². The molecule has 94 valence electrons. The monoisotopic (exact) mass is 302 g/mol. The SMILES string of the molecule is O=C(c1ccoc1Br)N1CCN(CCO)CC1. The van der Waals surface area contributed by atoms with Gasteiger partial charge in [0.2, 0.25) is 0 Å². The molecule has 1 amide bonds. The lowest BCUT2D eigenvalue weighted by Crippen LogP contribution is -2.49. The second kappa shape index (κ2) is 5.66. The quantitative estimate of drug-likeness (QED) is 0.897. The summed E-state index contributed by atoms with van der Waals surface area (Å²) in [5.41, 5.74) is 0.570. The number of aliphatic hydroxyl groups excluding tert-OH is 1. The molecule has 0 spiro atoms. The van der Waals surface area contributed by atoms with Gasteiger partial charge in [0, 0.05) is 32.7 Å². The van der Waals surface area contributed by atoms with Crippen LogP contribution in [-0.2, 0) is 0 Å². The van der Waals surface area contributed by atoms with Crippen LogP contribution in [-0.4, -0.2) is 60.1 Å². The predicted octanol–water partition coefficient (Wildman–Crippen LogP) is 0.792. The molecular weight excluding hydrogens is 288 g/mol. The molecule has 0 atom stereocenters. The molecule has 1 aliphatic heterocycles. The first kappa shape index (κ1) is 12.6. The second-order valence-electron chi connectivity index (χ2n) is 3.97. The summed E-state index contributed by atoms with van der Waals surface area (Å²) < 4.78 is 5.55. The molecule has 2 heterocycles. The molecule has 0 saturated carbocycles. The Labute approximate surface area is 108 Å². The zero-order valence-corrected chi connectivity index (χ0v) is 11.0. The van der Waals surface area contributed by atoms with Gasteiger partial charge in [-0.05, 0) is 22.0 Å². The summed E-state index contributed by atoms with van der Waals surface area (Å²) in [6.45, 7) is 3.84. The van der Waals surface area contributed by atoms with Crippen LogP contribution in [0.3, 0.4) is 0 Å². The third kappa shape index (κ3) is 2.88. The molecule has 1 aromatic heterocycles. The fraction of sp³-hybridized carbons (Fsp3) is 0.545. The Balaban J connectivity index is 1.93. The minimum absolute atomic E-state index is 0.00530. The van der Waals surface area contributed by atoms with Gasteiger partial charge < -0.3 is 14.4 Å². The van der Waals surface area contributed by atoms with E-state index in [-0.39, 0.29) is 12.5 Å². The van der Waals surface area contributed by atoms with E-state index in [0.29, 0.717) is 29.9 Å². The van der Waals surface area contributed by atoms with Crippen LogP contribution in [0.25, 0.3) is 0 Å². The number of furan rings is 1. The lowest BCUT2D eigenvalue weighted by molar-refractivity contribution is 0.0613. The first-order chi connectivity index (χ1) is 8.22. The van der Waals surface area contributed by atoms with Crippen molar-refractivity contribution in [2.75, 3.05) is 39.3 Å². The zero-order chi connectivity index (χ0) is 12.3. The number of halogens is 1. The standard InChI is InChI=1S/C11H15BrN2O3/c12-10-9(1-8-17-10)11(16)14-4-2-13(3-5-14)6-7-15/h1,8,15H,2-7H2. The normalized spacial score (nSPS) is 17.4. The highest BCUT2D eigenvalue weighted by Gasteiger charge is 2.24. The second-order valence-corrected chi connectivity index (χ2v) is 4.69. The molecule has 1 saturated heterocycles. The lowest BCUT2D eigenvalue weighted by Gasteiger charge is -2.34. The van der Waals surface area contributed by atoms with E-state index in [1.54, 1.807) is 6.07 Å². The Morgan fingerprint density at radius 3 is 2.65 bits per heavy atom. The van der Waals surface area contributed by atoms with Crippen LogP contribution >= 0.6 is 15.9 Å². The van der Waals surface area contributed by atoms with Gasteiger partial charge in [0.05, 0.1) is 18.4 Å². The van der Waals surface area contributed by atoms with Crippen molar-refractivity contribution in [2.45, 2.75) is 0 Å². The number of carbonyl (C=O) groups excluding carboxylic acids is 1. The van der Waals surface area contributed by atoms with Crippen LogP contribution in [0.2, 0.25) is 0 Å². The van der Waals surface area contributed by atoms with Crippen molar-refractivity contribution in [3.63, 3.8) is 0 Å². The van der Waals surface area contributed by atoms with Gasteiger partial charge in [0.1, 0.15) is 0 Å². The average molecular weight is 303 g/mol. The molecule has 1 fully saturated rings. The summed E-state index contributed by atoms with van der Waals surface area (Å²) in [5, 5.41) is 8.84. The van der Waals surface area contributed by atoms with E-state index < -0.39 is 0 Å². The van der Waals surface area contributed by atoms with E-state index in [4.69, 9.17) is 9.52 Å². The fourth-order valence-corrected chi connectivity index (χ4v) is 2.34. The molecule has 1 aliphatic rings. The Morgan fingerprint density at radius 1 is 1.41 bits per heavy atom. The maximum Gasteiger partial charge on any atom is 0.258 e. The maximum atomic E-state index is 12.1. The number of carbonyl (C=O) groups is 1. The van der Waals surface area contributed by atoms with E-state index in [2.05, 4.69) is 20.8 Å². The first-order valence-electron chi connectivity index (χ1n) is 5.58. The lowest BCUT2D eigenvalue weighted by atomic mass is 10.2. The van der Waals surface area contributed by atoms with Crippen molar-refractivity contribution in [1.82, 2.24) is 9.80 Å². The molecule has 0 radical (unpaired) electrons. The summed E-state index contributed by atoms with van der Waals surface area (Å²) in [5.74, 6) is -0.00530. The van der Waals surface area contributed by atoms with Crippen LogP contribution in [0, 0.1) is 0 Å². The number of aliphatic hydroxyl groups is 1. The third-order valence-electron chi connectivity index (χ3n) is 2.92. The summed E-state index contributed by atoms with van der Waals surface area (Å²) in [6, 6.07) is 1.67. The van der Waals surface area contributed by atoms with Gasteiger partial charge in [0.25, 0.3) is 5.91 Å². The maximum absolute atomic E-state index is 12.1. The number of hydrogen-bond acceptors (Lipinski definition) is 4. The fourth-order valence-electron chi connectivity index (χ4n) is 1.93. The van der Waals surface area contributed by atoms with Crippen LogP contribution in [0.5, 0.6) is 0 Å². The summed E-state index contributed by atoms with van der Waals surface area (Å²) in [6.07, 6.45) is 1.50. The largest absolute Gasteiger partial charge is 0.457 e. The molecule has 0 unspecified atom stereocenters. The van der Waals surface area contributed by atoms with Gasteiger partial charge in [-0.15, -0.1) is 0 Å². The van der Waals surface area contributed by atoms with Crippen LogP contribution in [0.15, 0.2) is 21.4 Å². The molecular formula is C11H15BrN2O3. The Morgan fingerprint density at radius 2 is 2.12 bits per heavy atom. The Bertz CT molecular complexity index is 386. The van der Waals surface area contributed by atoms with E-state index in [0.717, 1.165) is 13.1 Å². The summed E-state index contributed by atoms with van der Waals surface area (Å²) in [4.78, 5) is 16.1. The van der Waals surface area contributed by atoms with Crippen LogP contribution in [0.4, 0.5) is 0 Å². The number of hydrogen-bond donors (Lipinski definition) is 1. The molecule has 0 aromatic carbocycles. The van der Waals surface area contributed by atoms with Crippen molar-refractivity contribution < 1.29 is 14.3 Å². The molecule has 0 aliphatic carbocycles. The van der Waals surface area contributed by atoms with Crippen molar-refractivity contribution in [3.05, 3.63) is 22.6 Å².